The summed E-state index contributed by atoms with van der Waals surface area (Å²) in [5, 5.41) is 0.731. The fourth-order valence-corrected chi connectivity index (χ4v) is 2.69. The maximum atomic E-state index is 6.03. The van der Waals surface area contributed by atoms with Crippen molar-refractivity contribution in [2.24, 2.45) is 5.92 Å². The third-order valence-electron chi connectivity index (χ3n) is 3.27. The highest BCUT2D eigenvalue weighted by Crippen LogP contribution is 2.26. The molecule has 0 radical (unpaired) electrons. The van der Waals surface area contributed by atoms with E-state index in [-0.39, 0.29) is 0 Å². The zero-order valence-corrected chi connectivity index (χ0v) is 12.1. The van der Waals surface area contributed by atoms with Gasteiger partial charge in [0.05, 0.1) is 5.02 Å². The van der Waals surface area contributed by atoms with Crippen LogP contribution in [0.15, 0.2) is 22.7 Å². The molecule has 0 atom stereocenters. The van der Waals surface area contributed by atoms with Gasteiger partial charge in [-0.05, 0) is 52.9 Å². The molecule has 0 aromatic heterocycles. The fraction of sp³-hybridized carbons (Fsp3) is 0.467. The molecule has 0 saturated heterocycles. The normalized spacial score (nSPS) is 16.4. The van der Waals surface area contributed by atoms with Crippen molar-refractivity contribution < 1.29 is 0 Å². The highest BCUT2D eigenvalue weighted by molar-refractivity contribution is 9.10. The maximum Gasteiger partial charge on any atom is 0.0560 e. The highest BCUT2D eigenvalue weighted by atomic mass is 79.9. The molecule has 0 heterocycles. The zero-order valence-electron chi connectivity index (χ0n) is 9.81. The molecule has 0 amide bonds. The molecule has 90 valence electrons. The number of rotatable bonds is 1. The highest BCUT2D eigenvalue weighted by Gasteiger charge is 2.11. The fourth-order valence-electron chi connectivity index (χ4n) is 2.26. The van der Waals surface area contributed by atoms with Crippen molar-refractivity contribution in [1.82, 2.24) is 0 Å². The Morgan fingerprint density at radius 1 is 1.24 bits per heavy atom. The first-order chi connectivity index (χ1) is 8.25. The van der Waals surface area contributed by atoms with E-state index in [1.165, 1.54) is 32.1 Å². The van der Waals surface area contributed by atoms with Gasteiger partial charge in [0, 0.05) is 16.5 Å². The van der Waals surface area contributed by atoms with Crippen LogP contribution in [-0.4, -0.2) is 0 Å². The third kappa shape index (κ3) is 4.05. The van der Waals surface area contributed by atoms with Crippen molar-refractivity contribution in [2.45, 2.75) is 38.5 Å². The van der Waals surface area contributed by atoms with E-state index in [4.69, 9.17) is 11.6 Å². The lowest BCUT2D eigenvalue weighted by Gasteiger charge is -2.18. The van der Waals surface area contributed by atoms with Crippen molar-refractivity contribution in [3.05, 3.63) is 33.3 Å². The van der Waals surface area contributed by atoms with Gasteiger partial charge in [-0.25, -0.2) is 0 Å². The summed E-state index contributed by atoms with van der Waals surface area (Å²) >= 11 is 9.41. The zero-order chi connectivity index (χ0) is 12.1. The lowest BCUT2D eigenvalue weighted by Crippen LogP contribution is -2.04. The van der Waals surface area contributed by atoms with E-state index >= 15 is 0 Å². The maximum absolute atomic E-state index is 6.03. The van der Waals surface area contributed by atoms with E-state index in [0.29, 0.717) is 0 Å². The van der Waals surface area contributed by atoms with Crippen LogP contribution < -0.4 is 0 Å². The van der Waals surface area contributed by atoms with E-state index in [1.807, 2.05) is 18.2 Å². The first-order valence-corrected chi connectivity index (χ1v) is 7.37. The predicted molar refractivity (Wildman–Crippen MR) is 77.2 cm³/mol. The van der Waals surface area contributed by atoms with Gasteiger partial charge in [-0.1, -0.05) is 42.7 Å². The second kappa shape index (κ2) is 6.47. The lowest BCUT2D eigenvalue weighted by atomic mass is 9.87. The minimum atomic E-state index is 0.731. The molecule has 1 aliphatic carbocycles. The topological polar surface area (TPSA) is 0 Å². The number of halogens is 2. The van der Waals surface area contributed by atoms with Crippen molar-refractivity contribution in [2.75, 3.05) is 0 Å². The van der Waals surface area contributed by atoms with Crippen LogP contribution in [0.4, 0.5) is 0 Å². The molecule has 0 bridgehead atoms. The Kier molecular flexibility index (Phi) is 4.95. The van der Waals surface area contributed by atoms with Gasteiger partial charge >= 0.3 is 0 Å². The van der Waals surface area contributed by atoms with Crippen LogP contribution in [0.25, 0.3) is 0 Å². The number of hydrogen-bond acceptors (Lipinski definition) is 0. The molecule has 2 rings (SSSR count). The largest absolute Gasteiger partial charge is 0.0976 e. The molecule has 1 aromatic rings. The Morgan fingerprint density at radius 2 is 2.00 bits per heavy atom. The summed E-state index contributed by atoms with van der Waals surface area (Å²) < 4.78 is 0.928. The average molecular weight is 312 g/mol. The SMILES string of the molecule is Clc1cc(C#CCC2CCCCC2)ccc1Br. The second-order valence-corrected chi connectivity index (χ2v) is 5.90. The van der Waals surface area contributed by atoms with Gasteiger partial charge in [-0.2, -0.15) is 0 Å². The smallest absolute Gasteiger partial charge is 0.0560 e. The Labute approximate surface area is 117 Å². The Morgan fingerprint density at radius 3 is 2.71 bits per heavy atom. The number of hydrogen-bond donors (Lipinski definition) is 0. The monoisotopic (exact) mass is 310 g/mol. The van der Waals surface area contributed by atoms with Gasteiger partial charge < -0.3 is 0 Å². The van der Waals surface area contributed by atoms with E-state index in [1.54, 1.807) is 0 Å². The molecule has 2 heteroatoms. The van der Waals surface area contributed by atoms with Gasteiger partial charge in [0.15, 0.2) is 0 Å². The van der Waals surface area contributed by atoms with Gasteiger partial charge in [-0.3, -0.25) is 0 Å². The third-order valence-corrected chi connectivity index (χ3v) is 4.50. The van der Waals surface area contributed by atoms with Gasteiger partial charge in [0.25, 0.3) is 0 Å². The van der Waals surface area contributed by atoms with Crippen LogP contribution in [0.1, 0.15) is 44.1 Å². The molecule has 1 aromatic carbocycles. The predicted octanol–water partition coefficient (Wildman–Crippen LogP) is 5.42. The summed E-state index contributed by atoms with van der Waals surface area (Å²) in [4.78, 5) is 0. The quantitative estimate of drug-likeness (QED) is 0.607. The van der Waals surface area contributed by atoms with Crippen LogP contribution in [0.5, 0.6) is 0 Å². The summed E-state index contributed by atoms with van der Waals surface area (Å²) in [7, 11) is 0. The van der Waals surface area contributed by atoms with Crippen LogP contribution in [0.3, 0.4) is 0 Å². The molecule has 0 unspecified atom stereocenters. The molecule has 1 fully saturated rings. The minimum absolute atomic E-state index is 0.731. The standard InChI is InChI=1S/C15H16BrCl/c16-14-10-9-13(11-15(14)17)8-4-7-12-5-2-1-3-6-12/h9-12H,1-3,5-7H2. The van der Waals surface area contributed by atoms with Crippen LogP contribution >= 0.6 is 27.5 Å². The average Bonchev–Trinajstić information content (AvgIpc) is 2.35. The molecule has 1 aliphatic rings. The lowest BCUT2D eigenvalue weighted by molar-refractivity contribution is 0.365. The summed E-state index contributed by atoms with van der Waals surface area (Å²) in [6.45, 7) is 0. The van der Waals surface area contributed by atoms with Crippen molar-refractivity contribution in [1.29, 1.82) is 0 Å². The molecule has 0 spiro atoms. The van der Waals surface area contributed by atoms with Crippen molar-refractivity contribution >= 4 is 27.5 Å². The van der Waals surface area contributed by atoms with Crippen molar-refractivity contribution in [3.63, 3.8) is 0 Å². The summed E-state index contributed by atoms with van der Waals surface area (Å²) in [5.74, 6) is 7.32. The van der Waals surface area contributed by atoms with Gasteiger partial charge in [0.1, 0.15) is 0 Å². The molecule has 0 nitrogen and oxygen atoms in total. The number of benzene rings is 1. The Bertz CT molecular complexity index is 436. The van der Waals surface area contributed by atoms with Crippen LogP contribution in [0, 0.1) is 17.8 Å². The van der Waals surface area contributed by atoms with Crippen molar-refractivity contribution in [3.8, 4) is 11.8 Å². The van der Waals surface area contributed by atoms with Crippen LogP contribution in [-0.2, 0) is 0 Å². The van der Waals surface area contributed by atoms with E-state index in [2.05, 4.69) is 27.8 Å². The molecular weight excluding hydrogens is 296 g/mol. The summed E-state index contributed by atoms with van der Waals surface area (Å²) in [6, 6.07) is 5.87. The van der Waals surface area contributed by atoms with E-state index in [9.17, 15) is 0 Å². The van der Waals surface area contributed by atoms with Gasteiger partial charge in [0.2, 0.25) is 0 Å². The van der Waals surface area contributed by atoms with Gasteiger partial charge in [-0.15, -0.1) is 0 Å². The summed E-state index contributed by atoms with van der Waals surface area (Å²) in [6.07, 6.45) is 7.93. The van der Waals surface area contributed by atoms with Crippen LogP contribution in [0.2, 0.25) is 5.02 Å². The minimum Gasteiger partial charge on any atom is -0.0976 e. The second-order valence-electron chi connectivity index (χ2n) is 4.64. The Hall–Kier alpha value is -0.450. The molecule has 0 N–H and O–H groups in total. The molecule has 17 heavy (non-hydrogen) atoms. The molecule has 1 saturated carbocycles. The Balaban J connectivity index is 1.93. The first kappa shape index (κ1) is 13.0. The summed E-state index contributed by atoms with van der Waals surface area (Å²) in [5.41, 5.74) is 1.01. The van der Waals surface area contributed by atoms with E-state index < -0.39 is 0 Å². The molecular formula is C15H16BrCl. The van der Waals surface area contributed by atoms with E-state index in [0.717, 1.165) is 27.4 Å². The molecule has 0 aliphatic heterocycles. The first-order valence-electron chi connectivity index (χ1n) is 6.19.